The molecule has 5 heteroatoms. The van der Waals surface area contributed by atoms with E-state index in [1.165, 1.54) is 6.07 Å². The van der Waals surface area contributed by atoms with Crippen LogP contribution in [0.1, 0.15) is 29.2 Å². The van der Waals surface area contributed by atoms with E-state index in [0.717, 1.165) is 42.0 Å². The quantitative estimate of drug-likeness (QED) is 0.774. The van der Waals surface area contributed by atoms with Gasteiger partial charge in [-0.25, -0.2) is 4.39 Å². The van der Waals surface area contributed by atoms with Gasteiger partial charge in [0.2, 0.25) is 5.91 Å². The van der Waals surface area contributed by atoms with Gasteiger partial charge in [0.1, 0.15) is 11.6 Å². The monoisotopic (exact) mass is 373 g/mol. The minimum absolute atomic E-state index is 0.121. The number of methoxy groups -OCH3 is 1. The number of benzene rings is 2. The molecule has 0 spiro atoms. The van der Waals surface area contributed by atoms with E-state index in [1.54, 1.807) is 24.9 Å². The van der Waals surface area contributed by atoms with Crippen molar-refractivity contribution in [2.45, 2.75) is 24.5 Å². The van der Waals surface area contributed by atoms with Crippen LogP contribution in [0.2, 0.25) is 0 Å². The smallest absolute Gasteiger partial charge is 0.222 e. The molecule has 1 atom stereocenters. The summed E-state index contributed by atoms with van der Waals surface area (Å²) in [7, 11) is 1.64. The number of carbonyl (C=O) groups excluding carboxylic acids is 1. The Bertz CT molecular complexity index is 735. The minimum atomic E-state index is -0.149. The summed E-state index contributed by atoms with van der Waals surface area (Å²) < 4.78 is 19.2. The van der Waals surface area contributed by atoms with Gasteiger partial charge in [-0.2, -0.15) is 11.8 Å². The molecule has 2 aromatic carbocycles. The zero-order chi connectivity index (χ0) is 18.4. The van der Waals surface area contributed by atoms with Crippen LogP contribution in [-0.2, 0) is 11.2 Å². The molecule has 0 N–H and O–H groups in total. The Balaban J connectivity index is 1.53. The van der Waals surface area contributed by atoms with Crippen LogP contribution < -0.4 is 4.74 Å². The Hall–Kier alpha value is -2.01. The van der Waals surface area contributed by atoms with E-state index in [4.69, 9.17) is 4.74 Å². The number of amides is 1. The summed E-state index contributed by atoms with van der Waals surface area (Å²) in [5, 5.41) is 0.121. The first-order valence-corrected chi connectivity index (χ1v) is 9.99. The molecule has 0 saturated carbocycles. The van der Waals surface area contributed by atoms with E-state index < -0.39 is 0 Å². The highest BCUT2D eigenvalue weighted by molar-refractivity contribution is 7.99. The second kappa shape index (κ2) is 9.08. The van der Waals surface area contributed by atoms with Gasteiger partial charge >= 0.3 is 0 Å². The maximum atomic E-state index is 14.0. The highest BCUT2D eigenvalue weighted by atomic mass is 32.2. The standard InChI is InChI=1S/C21H24FNO2S/c1-25-17-9-6-16(7-10-17)8-11-21(24)23-13-12-20(26-15-14-23)18-4-2-3-5-19(18)22/h2-7,9-10,20H,8,11-15H2,1H3/t20-/m0/s1. The van der Waals surface area contributed by atoms with E-state index >= 15 is 0 Å². The minimum Gasteiger partial charge on any atom is -0.497 e. The van der Waals surface area contributed by atoms with Gasteiger partial charge in [-0.3, -0.25) is 4.79 Å². The molecular weight excluding hydrogens is 349 g/mol. The summed E-state index contributed by atoms with van der Waals surface area (Å²) in [6.45, 7) is 1.42. The summed E-state index contributed by atoms with van der Waals surface area (Å²) in [4.78, 5) is 14.5. The fraction of sp³-hybridized carbons (Fsp3) is 0.381. The van der Waals surface area contributed by atoms with Crippen molar-refractivity contribution in [3.05, 3.63) is 65.5 Å². The van der Waals surface area contributed by atoms with Crippen molar-refractivity contribution in [1.82, 2.24) is 4.90 Å². The molecule has 3 nitrogen and oxygen atoms in total. The lowest BCUT2D eigenvalue weighted by atomic mass is 10.1. The van der Waals surface area contributed by atoms with E-state index in [0.29, 0.717) is 13.0 Å². The van der Waals surface area contributed by atoms with E-state index in [9.17, 15) is 9.18 Å². The van der Waals surface area contributed by atoms with Crippen LogP contribution in [-0.4, -0.2) is 36.8 Å². The summed E-state index contributed by atoms with van der Waals surface area (Å²) >= 11 is 1.74. The molecule has 1 heterocycles. The molecule has 1 amide bonds. The Morgan fingerprint density at radius 1 is 1.19 bits per heavy atom. The van der Waals surface area contributed by atoms with Crippen LogP contribution in [0, 0.1) is 5.82 Å². The van der Waals surface area contributed by atoms with Crippen molar-refractivity contribution in [1.29, 1.82) is 0 Å². The number of rotatable bonds is 5. The zero-order valence-electron chi connectivity index (χ0n) is 15.0. The summed E-state index contributed by atoms with van der Waals surface area (Å²) in [5.41, 5.74) is 1.89. The van der Waals surface area contributed by atoms with Crippen LogP contribution in [0.3, 0.4) is 0 Å². The molecule has 1 fully saturated rings. The number of nitrogens with zero attached hydrogens (tertiary/aromatic N) is 1. The Morgan fingerprint density at radius 3 is 2.69 bits per heavy atom. The van der Waals surface area contributed by atoms with Gasteiger partial charge in [-0.05, 0) is 36.6 Å². The molecule has 0 aliphatic carbocycles. The third-order valence-corrected chi connectivity index (χ3v) is 6.04. The molecular formula is C21H24FNO2S. The summed E-state index contributed by atoms with van der Waals surface area (Å²) in [6, 6.07) is 14.8. The Kier molecular flexibility index (Phi) is 6.56. The van der Waals surface area contributed by atoms with Crippen LogP contribution in [0.15, 0.2) is 48.5 Å². The second-order valence-corrected chi connectivity index (χ2v) is 7.71. The molecule has 138 valence electrons. The zero-order valence-corrected chi connectivity index (χ0v) is 15.8. The topological polar surface area (TPSA) is 29.5 Å². The SMILES string of the molecule is COc1ccc(CCC(=O)N2CCS[C@H](c3ccccc3F)CC2)cc1. The average molecular weight is 373 g/mol. The van der Waals surface area contributed by atoms with Crippen molar-refractivity contribution < 1.29 is 13.9 Å². The van der Waals surface area contributed by atoms with Crippen LogP contribution in [0.4, 0.5) is 4.39 Å². The average Bonchev–Trinajstić information content (AvgIpc) is 2.93. The molecule has 0 unspecified atom stereocenters. The lowest BCUT2D eigenvalue weighted by molar-refractivity contribution is -0.130. The maximum Gasteiger partial charge on any atom is 0.222 e. The van der Waals surface area contributed by atoms with Crippen molar-refractivity contribution in [2.24, 2.45) is 0 Å². The van der Waals surface area contributed by atoms with E-state index in [2.05, 4.69) is 0 Å². The molecule has 2 aromatic rings. The number of thioether (sulfide) groups is 1. The Morgan fingerprint density at radius 2 is 1.96 bits per heavy atom. The fourth-order valence-corrected chi connectivity index (χ4v) is 4.46. The van der Waals surface area contributed by atoms with Crippen molar-refractivity contribution in [3.63, 3.8) is 0 Å². The summed E-state index contributed by atoms with van der Waals surface area (Å²) in [5.74, 6) is 1.69. The molecule has 1 saturated heterocycles. The van der Waals surface area contributed by atoms with Crippen molar-refractivity contribution >= 4 is 17.7 Å². The normalized spacial score (nSPS) is 17.6. The second-order valence-electron chi connectivity index (χ2n) is 6.40. The molecule has 1 aliphatic rings. The predicted octanol–water partition coefficient (Wildman–Crippen LogP) is 4.47. The lowest BCUT2D eigenvalue weighted by Gasteiger charge is -2.20. The number of hydrogen-bond donors (Lipinski definition) is 0. The van der Waals surface area contributed by atoms with Gasteiger partial charge in [0.25, 0.3) is 0 Å². The van der Waals surface area contributed by atoms with Gasteiger partial charge in [-0.15, -0.1) is 0 Å². The van der Waals surface area contributed by atoms with Crippen LogP contribution in [0.5, 0.6) is 5.75 Å². The number of aryl methyl sites for hydroxylation is 1. The van der Waals surface area contributed by atoms with Gasteiger partial charge in [0, 0.05) is 36.1 Å². The van der Waals surface area contributed by atoms with Gasteiger partial charge in [-0.1, -0.05) is 30.3 Å². The van der Waals surface area contributed by atoms with E-state index in [1.807, 2.05) is 41.3 Å². The molecule has 0 bridgehead atoms. The third kappa shape index (κ3) is 4.79. The number of halogens is 1. The predicted molar refractivity (Wildman–Crippen MR) is 104 cm³/mol. The van der Waals surface area contributed by atoms with Gasteiger partial charge < -0.3 is 9.64 Å². The maximum absolute atomic E-state index is 14.0. The largest absolute Gasteiger partial charge is 0.497 e. The highest BCUT2D eigenvalue weighted by Crippen LogP contribution is 2.35. The number of hydrogen-bond acceptors (Lipinski definition) is 3. The molecule has 3 rings (SSSR count). The third-order valence-electron chi connectivity index (χ3n) is 4.73. The first-order chi connectivity index (χ1) is 12.7. The lowest BCUT2D eigenvalue weighted by Crippen LogP contribution is -2.33. The van der Waals surface area contributed by atoms with Crippen molar-refractivity contribution in [2.75, 3.05) is 26.0 Å². The highest BCUT2D eigenvalue weighted by Gasteiger charge is 2.23. The number of ether oxygens (including phenoxy) is 1. The van der Waals surface area contributed by atoms with Crippen LogP contribution in [0.25, 0.3) is 0 Å². The van der Waals surface area contributed by atoms with Gasteiger partial charge in [0.15, 0.2) is 0 Å². The first-order valence-electron chi connectivity index (χ1n) is 8.94. The molecule has 0 radical (unpaired) electrons. The van der Waals surface area contributed by atoms with Crippen molar-refractivity contribution in [3.8, 4) is 5.75 Å². The Labute approximate surface area is 158 Å². The van der Waals surface area contributed by atoms with E-state index in [-0.39, 0.29) is 17.0 Å². The first kappa shape index (κ1) is 18.8. The number of carbonyl (C=O) groups is 1. The molecule has 0 aromatic heterocycles. The summed E-state index contributed by atoms with van der Waals surface area (Å²) in [6.07, 6.45) is 2.02. The molecule has 26 heavy (non-hydrogen) atoms. The van der Waals surface area contributed by atoms with Crippen LogP contribution >= 0.6 is 11.8 Å². The van der Waals surface area contributed by atoms with Gasteiger partial charge in [0.05, 0.1) is 7.11 Å². The fourth-order valence-electron chi connectivity index (χ4n) is 3.21. The molecule has 1 aliphatic heterocycles.